The fraction of sp³-hybridized carbons (Fsp3) is 1.00. The molecule has 1 N–H and O–H groups in total. The third kappa shape index (κ3) is 2.38. The van der Waals surface area contributed by atoms with Gasteiger partial charge in [0, 0.05) is 36.7 Å². The Hall–Kier alpha value is 0.270. The highest BCUT2D eigenvalue weighted by Crippen LogP contribution is 2.33. The number of hydrogen-bond donors (Lipinski definition) is 1. The van der Waals surface area contributed by atoms with Crippen molar-refractivity contribution < 1.29 is 0 Å². The fourth-order valence-corrected chi connectivity index (χ4v) is 2.56. The lowest BCUT2D eigenvalue weighted by molar-refractivity contribution is 0.190. The molecule has 2 nitrogen and oxygen atoms in total. The molecule has 1 saturated heterocycles. The van der Waals surface area contributed by atoms with Gasteiger partial charge < -0.3 is 10.2 Å². The van der Waals surface area contributed by atoms with Crippen molar-refractivity contribution in [3.05, 3.63) is 0 Å². The number of nitrogens with zero attached hydrogens (tertiary/aromatic N) is 1. The molecule has 2 aliphatic rings. The molecule has 1 aliphatic heterocycles. The van der Waals surface area contributed by atoms with Gasteiger partial charge >= 0.3 is 0 Å². The van der Waals surface area contributed by atoms with Crippen LogP contribution in [0.15, 0.2) is 0 Å². The summed E-state index contributed by atoms with van der Waals surface area (Å²) in [6.07, 6.45) is 2.94. The van der Waals surface area contributed by atoms with E-state index in [0.29, 0.717) is 0 Å². The van der Waals surface area contributed by atoms with Crippen molar-refractivity contribution in [3.63, 3.8) is 0 Å². The maximum absolute atomic E-state index is 3.31. The second-order valence-electron chi connectivity index (χ2n) is 3.86. The van der Waals surface area contributed by atoms with Gasteiger partial charge in [0.05, 0.1) is 0 Å². The van der Waals surface area contributed by atoms with Gasteiger partial charge in [-0.05, 0) is 19.9 Å². The van der Waals surface area contributed by atoms with Crippen LogP contribution in [0.4, 0.5) is 0 Å². The van der Waals surface area contributed by atoms with Gasteiger partial charge in [0.15, 0.2) is 0 Å². The lowest BCUT2D eigenvalue weighted by atomic mass is 10.1. The molecule has 0 radical (unpaired) electrons. The first-order valence-corrected chi connectivity index (χ1v) is 5.93. The molecular formula is C9H18N2S. The first kappa shape index (κ1) is 8.85. The van der Waals surface area contributed by atoms with Gasteiger partial charge in [0.25, 0.3) is 0 Å². The van der Waals surface area contributed by atoms with E-state index in [1.807, 2.05) is 0 Å². The molecule has 0 unspecified atom stereocenters. The summed E-state index contributed by atoms with van der Waals surface area (Å²) in [6, 6.07) is 0.824. The second kappa shape index (κ2) is 3.99. The third-order valence-electron chi connectivity index (χ3n) is 2.71. The molecule has 12 heavy (non-hydrogen) atoms. The van der Waals surface area contributed by atoms with Gasteiger partial charge in [-0.25, -0.2) is 0 Å². The van der Waals surface area contributed by atoms with Crippen LogP contribution < -0.4 is 5.32 Å². The molecule has 2 rings (SSSR count). The van der Waals surface area contributed by atoms with Crippen LogP contribution in [0.25, 0.3) is 0 Å². The summed E-state index contributed by atoms with van der Waals surface area (Å²) < 4.78 is 0. The number of thioether (sulfide) groups is 1. The maximum Gasteiger partial charge on any atom is 0.0342 e. The molecule has 1 aliphatic carbocycles. The summed E-state index contributed by atoms with van der Waals surface area (Å²) in [7, 11) is 2.25. The van der Waals surface area contributed by atoms with E-state index < -0.39 is 0 Å². The number of rotatable bonds is 5. The largest absolute Gasteiger partial charge is 0.314 e. The molecule has 0 bridgehead atoms. The Morgan fingerprint density at radius 3 is 2.67 bits per heavy atom. The van der Waals surface area contributed by atoms with Crippen molar-refractivity contribution in [1.82, 2.24) is 10.2 Å². The summed E-state index contributed by atoms with van der Waals surface area (Å²) in [5.74, 6) is 1.33. The van der Waals surface area contributed by atoms with Gasteiger partial charge in [-0.1, -0.05) is 0 Å². The molecule has 0 aromatic carbocycles. The highest BCUT2D eigenvalue weighted by atomic mass is 32.2. The number of likely N-dealkylation sites (N-methyl/N-ethyl adjacent to an activating group) is 1. The molecule has 0 atom stereocenters. The summed E-state index contributed by atoms with van der Waals surface area (Å²) in [4.78, 5) is 2.49. The van der Waals surface area contributed by atoms with Crippen molar-refractivity contribution in [1.29, 1.82) is 0 Å². The van der Waals surface area contributed by atoms with Gasteiger partial charge in [0.2, 0.25) is 0 Å². The smallest absolute Gasteiger partial charge is 0.0342 e. The Kier molecular flexibility index (Phi) is 2.94. The first-order chi connectivity index (χ1) is 5.86. The average Bonchev–Trinajstić information content (AvgIpc) is 2.67. The molecule has 2 fully saturated rings. The molecule has 0 aromatic heterocycles. The quantitative estimate of drug-likeness (QED) is 0.683. The molecule has 0 spiro atoms. The van der Waals surface area contributed by atoms with Gasteiger partial charge in [-0.3, -0.25) is 0 Å². The zero-order valence-corrected chi connectivity index (χ0v) is 8.57. The maximum atomic E-state index is 3.31. The highest BCUT2D eigenvalue weighted by molar-refractivity contribution is 8.00. The van der Waals surface area contributed by atoms with Gasteiger partial charge in [-0.2, -0.15) is 11.8 Å². The van der Waals surface area contributed by atoms with Gasteiger partial charge in [-0.15, -0.1) is 0 Å². The van der Waals surface area contributed by atoms with E-state index in [2.05, 4.69) is 29.0 Å². The standard InChI is InChI=1S/C9H18N2S/c1-11(8-6-10-7-8)4-5-12-9-2-3-9/h8-10H,2-7H2,1H3. The minimum Gasteiger partial charge on any atom is -0.314 e. The van der Waals surface area contributed by atoms with Crippen molar-refractivity contribution in [2.45, 2.75) is 24.1 Å². The lowest BCUT2D eigenvalue weighted by Gasteiger charge is -2.35. The Bertz CT molecular complexity index is 143. The van der Waals surface area contributed by atoms with Crippen LogP contribution in [0.5, 0.6) is 0 Å². The lowest BCUT2D eigenvalue weighted by Crippen LogP contribution is -2.56. The molecule has 0 aromatic rings. The zero-order chi connectivity index (χ0) is 8.39. The minimum absolute atomic E-state index is 0.824. The SMILES string of the molecule is CN(CCSC1CC1)C1CNC1. The van der Waals surface area contributed by atoms with E-state index in [9.17, 15) is 0 Å². The molecule has 1 heterocycles. The number of hydrogen-bond acceptors (Lipinski definition) is 3. The Labute approximate surface area is 79.1 Å². The average molecular weight is 186 g/mol. The van der Waals surface area contributed by atoms with E-state index in [0.717, 1.165) is 11.3 Å². The van der Waals surface area contributed by atoms with Crippen LogP contribution in [-0.4, -0.2) is 48.6 Å². The highest BCUT2D eigenvalue weighted by Gasteiger charge is 2.23. The Morgan fingerprint density at radius 1 is 1.42 bits per heavy atom. The molecular weight excluding hydrogens is 168 g/mol. The van der Waals surface area contributed by atoms with Crippen molar-refractivity contribution >= 4 is 11.8 Å². The fourth-order valence-electron chi connectivity index (χ4n) is 1.37. The summed E-state index contributed by atoms with van der Waals surface area (Å²) in [6.45, 7) is 3.67. The van der Waals surface area contributed by atoms with E-state index in [4.69, 9.17) is 0 Å². The van der Waals surface area contributed by atoms with Crippen LogP contribution in [0, 0.1) is 0 Å². The summed E-state index contributed by atoms with van der Waals surface area (Å²) in [5.41, 5.74) is 0. The predicted octanol–water partition coefficient (Wildman–Crippen LogP) is 0.786. The normalized spacial score (nSPS) is 24.5. The monoisotopic (exact) mass is 186 g/mol. The third-order valence-corrected chi connectivity index (χ3v) is 4.07. The summed E-state index contributed by atoms with van der Waals surface area (Å²) in [5, 5.41) is 4.33. The van der Waals surface area contributed by atoms with Crippen LogP contribution in [0.2, 0.25) is 0 Å². The van der Waals surface area contributed by atoms with Crippen LogP contribution in [0.3, 0.4) is 0 Å². The molecule has 0 amide bonds. The minimum atomic E-state index is 0.824. The zero-order valence-electron chi connectivity index (χ0n) is 7.75. The number of nitrogens with one attached hydrogen (secondary N) is 1. The van der Waals surface area contributed by atoms with E-state index in [-0.39, 0.29) is 0 Å². The van der Waals surface area contributed by atoms with Crippen LogP contribution in [0.1, 0.15) is 12.8 Å². The molecule has 1 saturated carbocycles. The Morgan fingerprint density at radius 2 is 2.17 bits per heavy atom. The predicted molar refractivity (Wildman–Crippen MR) is 54.8 cm³/mol. The van der Waals surface area contributed by atoms with Crippen LogP contribution in [-0.2, 0) is 0 Å². The first-order valence-electron chi connectivity index (χ1n) is 4.89. The molecule has 70 valence electrons. The van der Waals surface area contributed by atoms with E-state index in [1.165, 1.54) is 38.2 Å². The topological polar surface area (TPSA) is 15.3 Å². The van der Waals surface area contributed by atoms with Crippen LogP contribution >= 0.6 is 11.8 Å². The van der Waals surface area contributed by atoms with E-state index >= 15 is 0 Å². The van der Waals surface area contributed by atoms with Crippen molar-refractivity contribution in [2.24, 2.45) is 0 Å². The second-order valence-corrected chi connectivity index (χ2v) is 5.27. The Balaban J connectivity index is 1.52. The van der Waals surface area contributed by atoms with Crippen molar-refractivity contribution in [2.75, 3.05) is 32.4 Å². The summed E-state index contributed by atoms with van der Waals surface area (Å²) >= 11 is 2.16. The molecule has 3 heteroatoms. The van der Waals surface area contributed by atoms with Crippen molar-refractivity contribution in [3.8, 4) is 0 Å². The van der Waals surface area contributed by atoms with Gasteiger partial charge in [0.1, 0.15) is 0 Å². The van der Waals surface area contributed by atoms with E-state index in [1.54, 1.807) is 0 Å².